The molecule has 20 heavy (non-hydrogen) atoms. The minimum Gasteiger partial charge on any atom is -0.313 e. The molecule has 2 unspecified atom stereocenters. The van der Waals surface area contributed by atoms with E-state index in [1.807, 2.05) is 17.8 Å². The minimum absolute atomic E-state index is 0.130. The van der Waals surface area contributed by atoms with Crippen LogP contribution in [0.2, 0.25) is 0 Å². The lowest BCUT2D eigenvalue weighted by Crippen LogP contribution is -2.34. The van der Waals surface area contributed by atoms with Crippen LogP contribution in [0.3, 0.4) is 0 Å². The molecule has 1 nitrogen and oxygen atoms in total. The predicted molar refractivity (Wildman–Crippen MR) is 89.1 cm³/mol. The second-order valence-corrected chi connectivity index (χ2v) is 6.95. The Kier molecular flexibility index (Phi) is 8.24. The van der Waals surface area contributed by atoms with Crippen LogP contribution in [-0.2, 0) is 6.42 Å². The molecule has 0 aliphatic carbocycles. The summed E-state index contributed by atoms with van der Waals surface area (Å²) in [6.45, 7) is 9.77. The van der Waals surface area contributed by atoms with E-state index < -0.39 is 0 Å². The monoisotopic (exact) mass is 297 g/mol. The van der Waals surface area contributed by atoms with E-state index in [9.17, 15) is 4.39 Å². The maximum absolute atomic E-state index is 13.4. The fourth-order valence-corrected chi connectivity index (χ4v) is 3.09. The van der Waals surface area contributed by atoms with Crippen molar-refractivity contribution in [3.05, 3.63) is 35.1 Å². The normalized spacial score (nSPS) is 14.2. The molecule has 0 heterocycles. The Bertz CT molecular complexity index is 395. The summed E-state index contributed by atoms with van der Waals surface area (Å²) < 4.78 is 13.4. The molecule has 1 aromatic carbocycles. The van der Waals surface area contributed by atoms with Crippen molar-refractivity contribution in [2.24, 2.45) is 0 Å². The Morgan fingerprint density at radius 2 is 2.05 bits per heavy atom. The van der Waals surface area contributed by atoms with Crippen LogP contribution in [0, 0.1) is 12.7 Å². The lowest BCUT2D eigenvalue weighted by atomic mass is 10.0. The Morgan fingerprint density at radius 3 is 2.70 bits per heavy atom. The van der Waals surface area contributed by atoms with E-state index in [1.165, 1.54) is 12.0 Å². The van der Waals surface area contributed by atoms with Gasteiger partial charge >= 0.3 is 0 Å². The van der Waals surface area contributed by atoms with Gasteiger partial charge in [0.25, 0.3) is 0 Å². The standard InChI is InChI=1S/C17H28FNS/c1-5-9-19-17(12-20-14(4)6-2)11-15-10-16(18)8-7-13(15)3/h7-8,10,14,17,19H,5-6,9,11-12H2,1-4H3. The largest absolute Gasteiger partial charge is 0.313 e. The van der Waals surface area contributed by atoms with Gasteiger partial charge in [0.1, 0.15) is 5.82 Å². The Hall–Kier alpha value is -0.540. The van der Waals surface area contributed by atoms with E-state index in [2.05, 4.69) is 33.0 Å². The molecule has 0 amide bonds. The summed E-state index contributed by atoms with van der Waals surface area (Å²) in [4.78, 5) is 0. The third-order valence-corrected chi connectivity index (χ3v) is 5.11. The SMILES string of the molecule is CCCNC(CSC(C)CC)Cc1cc(F)ccc1C. The molecule has 114 valence electrons. The van der Waals surface area contributed by atoms with Crippen LogP contribution in [0.1, 0.15) is 44.7 Å². The maximum atomic E-state index is 13.4. The predicted octanol–water partition coefficient (Wildman–Crippen LogP) is 4.58. The van der Waals surface area contributed by atoms with E-state index in [0.29, 0.717) is 11.3 Å². The highest BCUT2D eigenvalue weighted by Crippen LogP contribution is 2.18. The zero-order chi connectivity index (χ0) is 15.0. The second-order valence-electron chi connectivity index (χ2n) is 5.48. The summed E-state index contributed by atoms with van der Waals surface area (Å²) in [5.41, 5.74) is 2.31. The van der Waals surface area contributed by atoms with Gasteiger partial charge in [0.15, 0.2) is 0 Å². The van der Waals surface area contributed by atoms with E-state index in [1.54, 1.807) is 12.1 Å². The molecule has 0 saturated carbocycles. The van der Waals surface area contributed by atoms with Gasteiger partial charge in [-0.2, -0.15) is 11.8 Å². The third kappa shape index (κ3) is 6.27. The highest BCUT2D eigenvalue weighted by atomic mass is 32.2. The first-order chi connectivity index (χ1) is 9.56. The van der Waals surface area contributed by atoms with Crippen molar-refractivity contribution < 1.29 is 4.39 Å². The number of benzene rings is 1. The number of rotatable bonds is 9. The first kappa shape index (κ1) is 17.5. The fraction of sp³-hybridized carbons (Fsp3) is 0.647. The van der Waals surface area contributed by atoms with Crippen molar-refractivity contribution in [1.29, 1.82) is 0 Å². The highest BCUT2D eigenvalue weighted by Gasteiger charge is 2.13. The molecule has 0 spiro atoms. The van der Waals surface area contributed by atoms with Gasteiger partial charge in [0.05, 0.1) is 0 Å². The number of nitrogens with one attached hydrogen (secondary N) is 1. The van der Waals surface area contributed by atoms with Crippen LogP contribution in [0.5, 0.6) is 0 Å². The molecular weight excluding hydrogens is 269 g/mol. The van der Waals surface area contributed by atoms with Crippen molar-refractivity contribution in [1.82, 2.24) is 5.32 Å². The third-order valence-electron chi connectivity index (χ3n) is 3.62. The number of thioether (sulfide) groups is 1. The van der Waals surface area contributed by atoms with Crippen molar-refractivity contribution in [3.63, 3.8) is 0 Å². The fourth-order valence-electron chi connectivity index (χ4n) is 2.06. The summed E-state index contributed by atoms with van der Waals surface area (Å²) in [5, 5.41) is 4.29. The molecule has 0 aromatic heterocycles. The number of hydrogen-bond donors (Lipinski definition) is 1. The average Bonchev–Trinajstić information content (AvgIpc) is 2.45. The zero-order valence-corrected chi connectivity index (χ0v) is 14.0. The van der Waals surface area contributed by atoms with Crippen LogP contribution < -0.4 is 5.32 Å². The first-order valence-corrected chi connectivity index (χ1v) is 8.71. The lowest BCUT2D eigenvalue weighted by molar-refractivity contribution is 0.545. The topological polar surface area (TPSA) is 12.0 Å². The van der Waals surface area contributed by atoms with Gasteiger partial charge in [-0.1, -0.05) is 26.8 Å². The van der Waals surface area contributed by atoms with Crippen molar-refractivity contribution in [3.8, 4) is 0 Å². The Balaban J connectivity index is 2.65. The van der Waals surface area contributed by atoms with Crippen molar-refractivity contribution in [2.45, 2.75) is 58.2 Å². The summed E-state index contributed by atoms with van der Waals surface area (Å²) in [7, 11) is 0. The summed E-state index contributed by atoms with van der Waals surface area (Å²) in [6, 6.07) is 5.53. The molecule has 0 fully saturated rings. The maximum Gasteiger partial charge on any atom is 0.123 e. The molecule has 0 saturated heterocycles. The van der Waals surface area contributed by atoms with E-state index >= 15 is 0 Å². The molecule has 0 aliphatic rings. The van der Waals surface area contributed by atoms with Crippen LogP contribution >= 0.6 is 11.8 Å². The van der Waals surface area contributed by atoms with Gasteiger partial charge in [-0.05, 0) is 56.0 Å². The molecule has 0 aliphatic heterocycles. The molecule has 1 rings (SSSR count). The molecule has 2 atom stereocenters. The molecule has 1 aromatic rings. The number of aryl methyl sites for hydroxylation is 1. The van der Waals surface area contributed by atoms with Crippen LogP contribution in [0.25, 0.3) is 0 Å². The Labute approximate surface area is 127 Å². The summed E-state index contributed by atoms with van der Waals surface area (Å²) >= 11 is 2.01. The van der Waals surface area contributed by atoms with E-state index in [-0.39, 0.29) is 5.82 Å². The molecule has 1 N–H and O–H groups in total. The summed E-state index contributed by atoms with van der Waals surface area (Å²) in [6.07, 6.45) is 3.24. The second kappa shape index (κ2) is 9.41. The van der Waals surface area contributed by atoms with E-state index in [0.717, 1.165) is 30.7 Å². The van der Waals surface area contributed by atoms with Gasteiger partial charge in [-0.15, -0.1) is 0 Å². The van der Waals surface area contributed by atoms with Gasteiger partial charge in [-0.3, -0.25) is 0 Å². The first-order valence-electron chi connectivity index (χ1n) is 7.66. The van der Waals surface area contributed by atoms with E-state index in [4.69, 9.17) is 0 Å². The van der Waals surface area contributed by atoms with Gasteiger partial charge in [0.2, 0.25) is 0 Å². The van der Waals surface area contributed by atoms with Gasteiger partial charge in [-0.25, -0.2) is 4.39 Å². The smallest absolute Gasteiger partial charge is 0.123 e. The van der Waals surface area contributed by atoms with Crippen molar-refractivity contribution >= 4 is 11.8 Å². The average molecular weight is 297 g/mol. The minimum atomic E-state index is -0.130. The number of halogens is 1. The molecular formula is C17H28FNS. The quantitative estimate of drug-likeness (QED) is 0.716. The van der Waals surface area contributed by atoms with Crippen molar-refractivity contribution in [2.75, 3.05) is 12.3 Å². The van der Waals surface area contributed by atoms with Gasteiger partial charge < -0.3 is 5.32 Å². The lowest BCUT2D eigenvalue weighted by Gasteiger charge is -2.21. The molecule has 0 radical (unpaired) electrons. The molecule has 3 heteroatoms. The van der Waals surface area contributed by atoms with Crippen LogP contribution in [0.4, 0.5) is 4.39 Å². The summed E-state index contributed by atoms with van der Waals surface area (Å²) in [5.74, 6) is 0.958. The van der Waals surface area contributed by atoms with Crippen LogP contribution in [0.15, 0.2) is 18.2 Å². The Morgan fingerprint density at radius 1 is 1.30 bits per heavy atom. The van der Waals surface area contributed by atoms with Crippen LogP contribution in [-0.4, -0.2) is 23.6 Å². The van der Waals surface area contributed by atoms with Gasteiger partial charge in [0, 0.05) is 17.0 Å². The highest BCUT2D eigenvalue weighted by molar-refractivity contribution is 7.99. The zero-order valence-electron chi connectivity index (χ0n) is 13.2. The number of hydrogen-bond acceptors (Lipinski definition) is 2. The molecule has 0 bridgehead atoms.